The van der Waals surface area contributed by atoms with Gasteiger partial charge < -0.3 is 9.30 Å². The number of ether oxygens (including phenoxy) is 1. The lowest BCUT2D eigenvalue weighted by Crippen LogP contribution is -2.29. The zero-order chi connectivity index (χ0) is 20.9. The minimum Gasteiger partial charge on any atom is -0.432 e. The molecule has 0 radical (unpaired) electrons. The summed E-state index contributed by atoms with van der Waals surface area (Å²) in [6, 6.07) is 15.3. The molecule has 3 nitrogen and oxygen atoms in total. The van der Waals surface area contributed by atoms with Crippen molar-refractivity contribution < 1.29 is 13.5 Å². The quantitative estimate of drug-likeness (QED) is 0.455. The number of halogens is 3. The molecule has 0 bridgehead atoms. The van der Waals surface area contributed by atoms with Gasteiger partial charge >= 0.3 is 6.11 Å². The van der Waals surface area contributed by atoms with E-state index in [9.17, 15) is 8.78 Å². The van der Waals surface area contributed by atoms with Crippen LogP contribution < -0.4 is 4.74 Å². The predicted molar refractivity (Wildman–Crippen MR) is 114 cm³/mol. The molecular formula is C24H21ClF2N2O. The molecule has 5 rings (SSSR count). The molecule has 0 saturated heterocycles. The highest BCUT2D eigenvalue weighted by Crippen LogP contribution is 2.38. The summed E-state index contributed by atoms with van der Waals surface area (Å²) in [5, 5.41) is 0.680. The van der Waals surface area contributed by atoms with Crippen molar-refractivity contribution in [2.75, 3.05) is 0 Å². The van der Waals surface area contributed by atoms with Crippen LogP contribution >= 0.6 is 11.6 Å². The highest BCUT2D eigenvalue weighted by molar-refractivity contribution is 6.30. The third-order valence-electron chi connectivity index (χ3n) is 5.73. The summed E-state index contributed by atoms with van der Waals surface area (Å²) in [5.74, 6) is 0.250. The molecule has 30 heavy (non-hydrogen) atoms. The summed E-state index contributed by atoms with van der Waals surface area (Å²) in [6.45, 7) is 2.15. The van der Waals surface area contributed by atoms with E-state index >= 15 is 0 Å². The van der Waals surface area contributed by atoms with Gasteiger partial charge in [0.05, 0.1) is 29.6 Å². The van der Waals surface area contributed by atoms with Crippen LogP contribution in [0.1, 0.15) is 54.6 Å². The van der Waals surface area contributed by atoms with Gasteiger partial charge in [-0.05, 0) is 60.9 Å². The van der Waals surface area contributed by atoms with Crippen molar-refractivity contribution in [1.82, 2.24) is 4.57 Å². The number of benzene rings is 2. The molecule has 1 atom stereocenters. The maximum Gasteiger partial charge on any atom is 0.398 e. The Morgan fingerprint density at radius 2 is 2.07 bits per heavy atom. The predicted octanol–water partition coefficient (Wildman–Crippen LogP) is 6.74. The lowest BCUT2D eigenvalue weighted by Gasteiger charge is -2.25. The SMILES string of the molecule is CCCC1N=C(c2ccc3c(c2)CCC(F)(F)O3)c2cccn2-c2cc(Cl)ccc21. The summed E-state index contributed by atoms with van der Waals surface area (Å²) in [6.07, 6.45) is 0.773. The van der Waals surface area contributed by atoms with E-state index in [4.69, 9.17) is 21.3 Å². The van der Waals surface area contributed by atoms with E-state index in [-0.39, 0.29) is 24.6 Å². The van der Waals surface area contributed by atoms with E-state index in [2.05, 4.69) is 17.6 Å². The zero-order valence-corrected chi connectivity index (χ0v) is 17.3. The van der Waals surface area contributed by atoms with E-state index in [1.807, 2.05) is 42.6 Å². The minimum absolute atomic E-state index is 0.00576. The van der Waals surface area contributed by atoms with Crippen LogP contribution in [0.2, 0.25) is 5.02 Å². The van der Waals surface area contributed by atoms with E-state index in [0.717, 1.165) is 46.6 Å². The number of rotatable bonds is 3. The topological polar surface area (TPSA) is 26.5 Å². The van der Waals surface area contributed by atoms with Gasteiger partial charge in [-0.2, -0.15) is 8.78 Å². The third-order valence-corrected chi connectivity index (χ3v) is 5.96. The number of fused-ring (bicyclic) bond motifs is 4. The van der Waals surface area contributed by atoms with E-state index in [1.165, 1.54) is 0 Å². The summed E-state index contributed by atoms with van der Waals surface area (Å²) in [7, 11) is 0. The standard InChI is InChI=1S/C24H21ClF2N2O/c1-2-4-19-18-8-7-17(25)14-21(18)29-12-3-5-20(29)23(28-19)16-6-9-22-15(13-16)10-11-24(26,27)30-22/h3,5-9,12-14,19H,2,4,10-11H2,1H3. The Morgan fingerprint density at radius 1 is 1.20 bits per heavy atom. The zero-order valence-electron chi connectivity index (χ0n) is 16.5. The summed E-state index contributed by atoms with van der Waals surface area (Å²) in [5.41, 5.74) is 5.67. The molecular weight excluding hydrogens is 406 g/mol. The second-order valence-electron chi connectivity index (χ2n) is 7.81. The molecule has 0 fully saturated rings. The first kappa shape index (κ1) is 19.3. The van der Waals surface area contributed by atoms with Gasteiger partial charge in [-0.3, -0.25) is 4.99 Å². The normalized spacial score (nSPS) is 19.1. The lowest BCUT2D eigenvalue weighted by atomic mass is 9.98. The highest BCUT2D eigenvalue weighted by atomic mass is 35.5. The van der Waals surface area contributed by atoms with Gasteiger partial charge in [0, 0.05) is 22.3 Å². The van der Waals surface area contributed by atoms with Crippen molar-refractivity contribution in [3.05, 3.63) is 82.1 Å². The number of aromatic nitrogens is 1. The van der Waals surface area contributed by atoms with E-state index in [0.29, 0.717) is 5.02 Å². The maximum atomic E-state index is 13.6. The first-order valence-electron chi connectivity index (χ1n) is 10.2. The molecule has 0 aliphatic carbocycles. The van der Waals surface area contributed by atoms with Gasteiger partial charge in [-0.25, -0.2) is 0 Å². The summed E-state index contributed by atoms with van der Waals surface area (Å²) >= 11 is 6.32. The molecule has 2 aliphatic rings. The minimum atomic E-state index is -3.10. The van der Waals surface area contributed by atoms with Gasteiger partial charge in [0.1, 0.15) is 5.75 Å². The second-order valence-corrected chi connectivity index (χ2v) is 8.25. The molecule has 0 saturated carbocycles. The Labute approximate surface area is 179 Å². The maximum absolute atomic E-state index is 13.6. The van der Waals surface area contributed by atoms with Crippen molar-refractivity contribution >= 4 is 17.3 Å². The van der Waals surface area contributed by atoms with Gasteiger partial charge in [0.2, 0.25) is 0 Å². The summed E-state index contributed by atoms with van der Waals surface area (Å²) in [4.78, 5) is 5.16. The molecule has 3 aromatic rings. The van der Waals surface area contributed by atoms with Crippen LogP contribution in [-0.2, 0) is 6.42 Å². The Kier molecular flexibility index (Phi) is 4.66. The number of nitrogens with zero attached hydrogens (tertiary/aromatic N) is 2. The molecule has 0 amide bonds. The number of hydrogen-bond acceptors (Lipinski definition) is 2. The molecule has 2 aliphatic heterocycles. The second kappa shape index (κ2) is 7.24. The fraction of sp³-hybridized carbons (Fsp3) is 0.292. The molecule has 1 unspecified atom stereocenters. The number of alkyl halides is 2. The van der Waals surface area contributed by atoms with Crippen LogP contribution in [0.4, 0.5) is 8.78 Å². The van der Waals surface area contributed by atoms with Gasteiger partial charge in [-0.1, -0.05) is 31.0 Å². The lowest BCUT2D eigenvalue weighted by molar-refractivity contribution is -0.187. The number of aryl methyl sites for hydroxylation is 1. The molecule has 6 heteroatoms. The molecule has 154 valence electrons. The Bertz CT molecular complexity index is 1150. The number of hydrogen-bond donors (Lipinski definition) is 0. The highest BCUT2D eigenvalue weighted by Gasteiger charge is 2.36. The van der Waals surface area contributed by atoms with Crippen LogP contribution in [0.5, 0.6) is 5.75 Å². The molecule has 3 heterocycles. The average molecular weight is 427 g/mol. The van der Waals surface area contributed by atoms with Crippen LogP contribution in [0.3, 0.4) is 0 Å². The Morgan fingerprint density at radius 3 is 2.90 bits per heavy atom. The first-order chi connectivity index (χ1) is 14.4. The van der Waals surface area contributed by atoms with Crippen molar-refractivity contribution in [3.8, 4) is 11.4 Å². The van der Waals surface area contributed by atoms with E-state index in [1.54, 1.807) is 6.07 Å². The van der Waals surface area contributed by atoms with Crippen molar-refractivity contribution in [2.45, 2.75) is 44.8 Å². The fourth-order valence-corrected chi connectivity index (χ4v) is 4.48. The molecule has 1 aromatic heterocycles. The first-order valence-corrected chi connectivity index (χ1v) is 10.6. The van der Waals surface area contributed by atoms with Crippen molar-refractivity contribution in [3.63, 3.8) is 0 Å². The molecule has 0 N–H and O–H groups in total. The third kappa shape index (κ3) is 3.31. The van der Waals surface area contributed by atoms with Crippen LogP contribution in [0.15, 0.2) is 59.7 Å². The van der Waals surface area contributed by atoms with Gasteiger partial charge in [-0.15, -0.1) is 0 Å². The van der Waals surface area contributed by atoms with Crippen molar-refractivity contribution in [2.24, 2.45) is 4.99 Å². The Balaban J connectivity index is 1.66. The molecule has 2 aromatic carbocycles. The largest absolute Gasteiger partial charge is 0.432 e. The smallest absolute Gasteiger partial charge is 0.398 e. The number of aliphatic imine (C=N–C) groups is 1. The van der Waals surface area contributed by atoms with Crippen LogP contribution in [0, 0.1) is 0 Å². The Hall–Kier alpha value is -2.66. The van der Waals surface area contributed by atoms with Crippen LogP contribution in [0.25, 0.3) is 5.69 Å². The van der Waals surface area contributed by atoms with Gasteiger partial charge in [0.25, 0.3) is 0 Å². The van der Waals surface area contributed by atoms with E-state index < -0.39 is 6.11 Å². The molecule has 0 spiro atoms. The fourth-order valence-electron chi connectivity index (χ4n) is 4.31. The summed E-state index contributed by atoms with van der Waals surface area (Å²) < 4.78 is 34.2. The van der Waals surface area contributed by atoms with Crippen molar-refractivity contribution in [1.29, 1.82) is 0 Å². The van der Waals surface area contributed by atoms with Crippen LogP contribution in [-0.4, -0.2) is 16.4 Å². The van der Waals surface area contributed by atoms with Gasteiger partial charge in [0.15, 0.2) is 0 Å². The monoisotopic (exact) mass is 426 g/mol. The average Bonchev–Trinajstić information content (AvgIpc) is 3.15.